The molecule has 36 heavy (non-hydrogen) atoms. The smallest absolute Gasteiger partial charge is 0.262 e. The molecule has 2 aliphatic heterocycles. The van der Waals surface area contributed by atoms with E-state index in [9.17, 15) is 19.2 Å². The molecule has 4 rings (SSSR count). The van der Waals surface area contributed by atoms with Crippen molar-refractivity contribution in [2.24, 2.45) is 5.92 Å². The fourth-order valence-electron chi connectivity index (χ4n) is 5.20. The van der Waals surface area contributed by atoms with E-state index in [1.165, 1.54) is 11.3 Å². The molecule has 192 valence electrons. The van der Waals surface area contributed by atoms with Gasteiger partial charge in [-0.15, -0.1) is 11.3 Å². The number of Topliss-reactive ketones (excluding diaryl/α,β-unsaturated/α-hetero) is 1. The third-order valence-corrected chi connectivity index (χ3v) is 8.10. The van der Waals surface area contributed by atoms with Gasteiger partial charge < -0.3 is 15.1 Å². The molecule has 0 bridgehead atoms. The fourth-order valence-corrected chi connectivity index (χ4v) is 6.12. The second kappa shape index (κ2) is 11.4. The van der Waals surface area contributed by atoms with Gasteiger partial charge in [-0.2, -0.15) is 0 Å². The van der Waals surface area contributed by atoms with E-state index in [2.05, 4.69) is 5.32 Å². The normalized spacial score (nSPS) is 20.1. The van der Waals surface area contributed by atoms with Crippen LogP contribution in [0.4, 0.5) is 0 Å². The van der Waals surface area contributed by atoms with Crippen molar-refractivity contribution in [2.75, 3.05) is 13.1 Å². The summed E-state index contributed by atoms with van der Waals surface area (Å²) in [5.41, 5.74) is 1.04. The van der Waals surface area contributed by atoms with E-state index in [1.54, 1.807) is 15.9 Å². The van der Waals surface area contributed by atoms with Gasteiger partial charge in [-0.1, -0.05) is 57.5 Å². The second-order valence-electron chi connectivity index (χ2n) is 10.1. The van der Waals surface area contributed by atoms with Gasteiger partial charge in [0.05, 0.1) is 17.5 Å². The first kappa shape index (κ1) is 26.1. The molecular formula is C28H35N3O4S. The number of unbranched alkanes of at least 4 members (excludes halogenated alkanes) is 1. The van der Waals surface area contributed by atoms with Crippen LogP contribution >= 0.6 is 11.3 Å². The van der Waals surface area contributed by atoms with Crippen molar-refractivity contribution in [1.29, 1.82) is 0 Å². The van der Waals surface area contributed by atoms with E-state index in [-0.39, 0.29) is 42.0 Å². The molecule has 3 atom stereocenters. The lowest BCUT2D eigenvalue weighted by molar-refractivity contribution is -0.138. The number of ketones is 1. The third kappa shape index (κ3) is 5.53. The molecule has 2 fully saturated rings. The second-order valence-corrected chi connectivity index (χ2v) is 11.2. The van der Waals surface area contributed by atoms with Crippen molar-refractivity contribution < 1.29 is 19.2 Å². The zero-order valence-electron chi connectivity index (χ0n) is 21.2. The minimum absolute atomic E-state index is 0.00838. The van der Waals surface area contributed by atoms with Crippen molar-refractivity contribution in [2.45, 2.75) is 71.0 Å². The summed E-state index contributed by atoms with van der Waals surface area (Å²) >= 11 is 1.39. The molecule has 2 aliphatic rings. The summed E-state index contributed by atoms with van der Waals surface area (Å²) in [4.78, 5) is 57.2. The Morgan fingerprint density at radius 1 is 1.08 bits per heavy atom. The van der Waals surface area contributed by atoms with Crippen molar-refractivity contribution >= 4 is 34.8 Å². The van der Waals surface area contributed by atoms with Crippen molar-refractivity contribution in [1.82, 2.24) is 15.1 Å². The number of hydrogen-bond donors (Lipinski definition) is 1. The molecule has 2 aromatic rings. The summed E-state index contributed by atoms with van der Waals surface area (Å²) in [5, 5.41) is 2.95. The average Bonchev–Trinajstić information content (AvgIpc) is 3.59. The molecule has 3 unspecified atom stereocenters. The number of benzene rings is 1. The number of fused-ring (bicyclic) bond motifs is 1. The maximum atomic E-state index is 13.7. The van der Waals surface area contributed by atoms with Crippen LogP contribution in [0.1, 0.15) is 62.5 Å². The maximum absolute atomic E-state index is 13.7. The Morgan fingerprint density at radius 3 is 2.53 bits per heavy atom. The maximum Gasteiger partial charge on any atom is 0.262 e. The summed E-state index contributed by atoms with van der Waals surface area (Å²) < 4.78 is 0. The first-order valence-corrected chi connectivity index (χ1v) is 13.7. The van der Waals surface area contributed by atoms with Gasteiger partial charge in [0.15, 0.2) is 5.78 Å². The molecule has 8 heteroatoms. The first-order chi connectivity index (χ1) is 17.3. The van der Waals surface area contributed by atoms with Gasteiger partial charge in [0.1, 0.15) is 12.1 Å². The summed E-state index contributed by atoms with van der Waals surface area (Å²) in [6.45, 7) is 6.53. The van der Waals surface area contributed by atoms with Crippen LogP contribution < -0.4 is 5.32 Å². The Morgan fingerprint density at radius 2 is 1.83 bits per heavy atom. The Labute approximate surface area is 216 Å². The van der Waals surface area contributed by atoms with Gasteiger partial charge in [0.2, 0.25) is 11.8 Å². The predicted octanol–water partition coefficient (Wildman–Crippen LogP) is 4.13. The van der Waals surface area contributed by atoms with Crippen LogP contribution in [0.5, 0.6) is 0 Å². The summed E-state index contributed by atoms with van der Waals surface area (Å²) in [7, 11) is 0. The van der Waals surface area contributed by atoms with E-state index in [0.29, 0.717) is 30.7 Å². The lowest BCUT2D eigenvalue weighted by Gasteiger charge is -2.29. The highest BCUT2D eigenvalue weighted by Gasteiger charge is 2.52. The predicted molar refractivity (Wildman–Crippen MR) is 141 cm³/mol. The van der Waals surface area contributed by atoms with E-state index < -0.39 is 12.1 Å². The molecule has 1 aromatic heterocycles. The summed E-state index contributed by atoms with van der Waals surface area (Å²) in [5.74, 6) is -0.444. The Hall–Kier alpha value is -3.00. The molecule has 0 radical (unpaired) electrons. The topological polar surface area (TPSA) is 86.8 Å². The number of rotatable bonds is 9. The molecule has 1 N–H and O–H groups in total. The molecule has 2 saturated heterocycles. The molecule has 1 aromatic carbocycles. The molecule has 3 amide bonds. The number of amides is 3. The van der Waals surface area contributed by atoms with E-state index in [1.807, 2.05) is 57.2 Å². The van der Waals surface area contributed by atoms with Gasteiger partial charge in [-0.05, 0) is 42.9 Å². The molecule has 7 nitrogen and oxygen atoms in total. The standard InChI is InChI=1S/C28H35N3O4S/c1-4-5-11-25(33)31-17-22(32)26-21(31)14-15-30(26)28(35)20(16-18(2)3)29-27(34)24-13-12-23(36-24)19-9-7-6-8-10-19/h6-10,12-13,18,20-21,26H,4-5,11,14-17H2,1-3H3,(H,29,34). The molecule has 0 saturated carbocycles. The number of thiophene rings is 1. The molecular weight excluding hydrogens is 474 g/mol. The van der Waals surface area contributed by atoms with Gasteiger partial charge in [-0.25, -0.2) is 0 Å². The quantitative estimate of drug-likeness (QED) is 0.551. The molecule has 0 spiro atoms. The Bertz CT molecular complexity index is 1110. The largest absolute Gasteiger partial charge is 0.340 e. The Balaban J connectivity index is 1.47. The zero-order chi connectivity index (χ0) is 25.8. The monoisotopic (exact) mass is 509 g/mol. The summed E-state index contributed by atoms with van der Waals surface area (Å²) in [6, 6.07) is 12.0. The number of nitrogens with one attached hydrogen (secondary N) is 1. The Kier molecular flexibility index (Phi) is 8.24. The van der Waals surface area contributed by atoms with Gasteiger partial charge in [0.25, 0.3) is 5.91 Å². The SMILES string of the molecule is CCCCC(=O)N1CC(=O)C2C1CCN2C(=O)C(CC(C)C)NC(=O)c1ccc(-c2ccccc2)s1. The highest BCUT2D eigenvalue weighted by molar-refractivity contribution is 7.17. The third-order valence-electron chi connectivity index (χ3n) is 6.97. The number of carbonyl (C=O) groups excluding carboxylic acids is 4. The minimum atomic E-state index is -0.726. The van der Waals surface area contributed by atoms with Crippen molar-refractivity contribution in [3.05, 3.63) is 47.3 Å². The van der Waals surface area contributed by atoms with Crippen LogP contribution in [0.3, 0.4) is 0 Å². The molecule has 0 aliphatic carbocycles. The average molecular weight is 510 g/mol. The number of hydrogen-bond acceptors (Lipinski definition) is 5. The van der Waals surface area contributed by atoms with Crippen LogP contribution in [0.2, 0.25) is 0 Å². The van der Waals surface area contributed by atoms with Crippen LogP contribution in [-0.2, 0) is 14.4 Å². The van der Waals surface area contributed by atoms with E-state index in [4.69, 9.17) is 0 Å². The van der Waals surface area contributed by atoms with Crippen LogP contribution in [0.15, 0.2) is 42.5 Å². The lowest BCUT2D eigenvalue weighted by atomic mass is 10.0. The highest BCUT2D eigenvalue weighted by atomic mass is 32.1. The van der Waals surface area contributed by atoms with Gasteiger partial charge in [-0.3, -0.25) is 19.2 Å². The highest BCUT2D eigenvalue weighted by Crippen LogP contribution is 2.32. The van der Waals surface area contributed by atoms with Crippen LogP contribution in [0.25, 0.3) is 10.4 Å². The van der Waals surface area contributed by atoms with Crippen molar-refractivity contribution in [3.8, 4) is 10.4 Å². The van der Waals surface area contributed by atoms with Gasteiger partial charge in [0, 0.05) is 17.8 Å². The first-order valence-electron chi connectivity index (χ1n) is 12.9. The lowest BCUT2D eigenvalue weighted by Crippen LogP contribution is -2.52. The van der Waals surface area contributed by atoms with E-state index >= 15 is 0 Å². The number of likely N-dealkylation sites (tertiary alicyclic amines) is 2. The summed E-state index contributed by atoms with van der Waals surface area (Å²) in [6.07, 6.45) is 3.20. The molecule has 3 heterocycles. The minimum Gasteiger partial charge on any atom is -0.340 e. The number of nitrogens with zero attached hydrogens (tertiary/aromatic N) is 2. The van der Waals surface area contributed by atoms with Gasteiger partial charge >= 0.3 is 0 Å². The van der Waals surface area contributed by atoms with Crippen LogP contribution in [0, 0.1) is 5.92 Å². The van der Waals surface area contributed by atoms with Crippen molar-refractivity contribution in [3.63, 3.8) is 0 Å². The van der Waals surface area contributed by atoms with E-state index in [0.717, 1.165) is 23.3 Å². The fraction of sp³-hybridized carbons (Fsp3) is 0.500. The number of carbonyl (C=O) groups is 4. The zero-order valence-corrected chi connectivity index (χ0v) is 22.1. The van der Waals surface area contributed by atoms with Crippen LogP contribution in [-0.4, -0.2) is 64.5 Å².